The zero-order chi connectivity index (χ0) is 13.1. The van der Waals surface area contributed by atoms with Crippen molar-refractivity contribution < 1.29 is 19.1 Å². The molecule has 0 aromatic rings. The SMILES string of the molecule is COC1CNC(C(=O)N2CCOCC2C(N)=O)C1. The molecule has 2 aliphatic rings. The molecular formula is C11H19N3O4. The van der Waals surface area contributed by atoms with Gasteiger partial charge in [0.1, 0.15) is 6.04 Å². The van der Waals surface area contributed by atoms with Crippen LogP contribution >= 0.6 is 0 Å². The summed E-state index contributed by atoms with van der Waals surface area (Å²) in [7, 11) is 1.63. The molecule has 3 atom stereocenters. The Bertz CT molecular complexity index is 336. The van der Waals surface area contributed by atoms with Gasteiger partial charge >= 0.3 is 0 Å². The van der Waals surface area contributed by atoms with E-state index in [9.17, 15) is 9.59 Å². The quantitative estimate of drug-likeness (QED) is 0.614. The van der Waals surface area contributed by atoms with E-state index < -0.39 is 11.9 Å². The number of hydrogen-bond donors (Lipinski definition) is 2. The average Bonchev–Trinajstić information content (AvgIpc) is 2.86. The average molecular weight is 257 g/mol. The van der Waals surface area contributed by atoms with Crippen molar-refractivity contribution in [3.63, 3.8) is 0 Å². The van der Waals surface area contributed by atoms with Gasteiger partial charge in [-0.3, -0.25) is 9.59 Å². The normalized spacial score (nSPS) is 32.5. The molecule has 0 bridgehead atoms. The molecule has 2 saturated heterocycles. The maximum absolute atomic E-state index is 12.3. The number of carbonyl (C=O) groups excluding carboxylic acids is 2. The monoisotopic (exact) mass is 257 g/mol. The van der Waals surface area contributed by atoms with Crippen molar-refractivity contribution in [2.45, 2.75) is 24.6 Å². The van der Waals surface area contributed by atoms with E-state index in [1.165, 1.54) is 4.90 Å². The van der Waals surface area contributed by atoms with Crippen LogP contribution in [0.25, 0.3) is 0 Å². The lowest BCUT2D eigenvalue weighted by Crippen LogP contribution is -2.58. The van der Waals surface area contributed by atoms with Crippen molar-refractivity contribution >= 4 is 11.8 Å². The number of morpholine rings is 1. The molecule has 3 unspecified atom stereocenters. The van der Waals surface area contributed by atoms with Crippen LogP contribution < -0.4 is 11.1 Å². The number of nitrogens with two attached hydrogens (primary N) is 1. The standard InChI is InChI=1S/C11H19N3O4/c1-17-7-4-8(13-5-7)11(16)14-2-3-18-6-9(14)10(12)15/h7-9,13H,2-6H2,1H3,(H2,12,15). The van der Waals surface area contributed by atoms with Crippen LogP contribution in [0.1, 0.15) is 6.42 Å². The molecule has 3 N–H and O–H groups in total. The third-order valence-electron chi connectivity index (χ3n) is 3.46. The second-order valence-corrected chi connectivity index (χ2v) is 4.58. The predicted octanol–water partition coefficient (Wildman–Crippen LogP) is -1.92. The summed E-state index contributed by atoms with van der Waals surface area (Å²) in [6, 6.07) is -0.954. The van der Waals surface area contributed by atoms with E-state index in [1.807, 2.05) is 0 Å². The van der Waals surface area contributed by atoms with E-state index in [1.54, 1.807) is 7.11 Å². The number of nitrogens with one attached hydrogen (secondary N) is 1. The molecule has 0 aliphatic carbocycles. The van der Waals surface area contributed by atoms with E-state index in [2.05, 4.69) is 5.32 Å². The second kappa shape index (κ2) is 5.64. The molecule has 0 aromatic heterocycles. The zero-order valence-corrected chi connectivity index (χ0v) is 10.4. The molecule has 7 heteroatoms. The maximum atomic E-state index is 12.3. The summed E-state index contributed by atoms with van der Waals surface area (Å²) in [6.07, 6.45) is 0.671. The Morgan fingerprint density at radius 1 is 1.50 bits per heavy atom. The van der Waals surface area contributed by atoms with Gasteiger partial charge in [-0.15, -0.1) is 0 Å². The van der Waals surface area contributed by atoms with E-state index in [-0.39, 0.29) is 24.7 Å². The number of nitrogens with zero attached hydrogens (tertiary/aromatic N) is 1. The lowest BCUT2D eigenvalue weighted by Gasteiger charge is -2.35. The van der Waals surface area contributed by atoms with Gasteiger partial charge in [-0.05, 0) is 6.42 Å². The van der Waals surface area contributed by atoms with Gasteiger partial charge in [0.25, 0.3) is 0 Å². The number of ether oxygens (including phenoxy) is 2. The Morgan fingerprint density at radius 3 is 2.89 bits per heavy atom. The summed E-state index contributed by atoms with van der Waals surface area (Å²) < 4.78 is 10.4. The fraction of sp³-hybridized carbons (Fsp3) is 0.818. The molecule has 18 heavy (non-hydrogen) atoms. The second-order valence-electron chi connectivity index (χ2n) is 4.58. The zero-order valence-electron chi connectivity index (χ0n) is 10.4. The van der Waals surface area contributed by atoms with Crippen molar-refractivity contribution in [2.24, 2.45) is 5.73 Å². The number of rotatable bonds is 3. The summed E-state index contributed by atoms with van der Waals surface area (Å²) in [5.74, 6) is -0.619. The van der Waals surface area contributed by atoms with Crippen LogP contribution in [0.15, 0.2) is 0 Å². The third-order valence-corrected chi connectivity index (χ3v) is 3.46. The summed E-state index contributed by atoms with van der Waals surface area (Å²) in [5.41, 5.74) is 5.29. The highest BCUT2D eigenvalue weighted by molar-refractivity contribution is 5.89. The van der Waals surface area contributed by atoms with Gasteiger partial charge in [-0.1, -0.05) is 0 Å². The molecule has 0 aromatic carbocycles. The number of hydrogen-bond acceptors (Lipinski definition) is 5. The van der Waals surface area contributed by atoms with Gasteiger partial charge in [-0.2, -0.15) is 0 Å². The highest BCUT2D eigenvalue weighted by Crippen LogP contribution is 2.15. The van der Waals surface area contributed by atoms with Crippen LogP contribution in [0.4, 0.5) is 0 Å². The first-order valence-corrected chi connectivity index (χ1v) is 6.07. The van der Waals surface area contributed by atoms with Gasteiger partial charge in [0.05, 0.1) is 25.4 Å². The molecule has 2 aliphatic heterocycles. The van der Waals surface area contributed by atoms with E-state index in [0.717, 1.165) is 0 Å². The van der Waals surface area contributed by atoms with Crippen molar-refractivity contribution in [1.29, 1.82) is 0 Å². The molecule has 2 heterocycles. The molecule has 0 radical (unpaired) electrons. The fourth-order valence-corrected chi connectivity index (χ4v) is 2.37. The molecule has 2 rings (SSSR count). The van der Waals surface area contributed by atoms with E-state index >= 15 is 0 Å². The minimum Gasteiger partial charge on any atom is -0.380 e. The highest BCUT2D eigenvalue weighted by atomic mass is 16.5. The van der Waals surface area contributed by atoms with E-state index in [0.29, 0.717) is 26.1 Å². The summed E-state index contributed by atoms with van der Waals surface area (Å²) >= 11 is 0. The molecule has 2 fully saturated rings. The van der Waals surface area contributed by atoms with Crippen molar-refractivity contribution in [3.8, 4) is 0 Å². The molecule has 0 saturated carbocycles. The van der Waals surface area contributed by atoms with E-state index in [4.69, 9.17) is 15.2 Å². The molecule has 2 amide bonds. The number of methoxy groups -OCH3 is 1. The first-order valence-electron chi connectivity index (χ1n) is 6.07. The Balaban J connectivity index is 2.00. The third kappa shape index (κ3) is 2.63. The summed E-state index contributed by atoms with van der Waals surface area (Å²) in [6.45, 7) is 1.68. The molecule has 0 spiro atoms. The van der Waals surface area contributed by atoms with Gasteiger partial charge in [-0.25, -0.2) is 0 Å². The predicted molar refractivity (Wildman–Crippen MR) is 62.7 cm³/mol. The summed E-state index contributed by atoms with van der Waals surface area (Å²) in [5, 5.41) is 3.11. The lowest BCUT2D eigenvalue weighted by atomic mass is 10.1. The Hall–Kier alpha value is -1.18. The van der Waals surface area contributed by atoms with Crippen LogP contribution in [0.3, 0.4) is 0 Å². The molecular weight excluding hydrogens is 238 g/mol. The number of primary amides is 1. The smallest absolute Gasteiger partial charge is 0.242 e. The lowest BCUT2D eigenvalue weighted by molar-refractivity contribution is -0.148. The molecule has 7 nitrogen and oxygen atoms in total. The van der Waals surface area contributed by atoms with Crippen LogP contribution in [0.5, 0.6) is 0 Å². The van der Waals surface area contributed by atoms with Crippen molar-refractivity contribution in [2.75, 3.05) is 33.4 Å². The van der Waals surface area contributed by atoms with Crippen molar-refractivity contribution in [1.82, 2.24) is 10.2 Å². The number of amides is 2. The van der Waals surface area contributed by atoms with Crippen LogP contribution in [-0.4, -0.2) is 68.3 Å². The minimum absolute atomic E-state index is 0.0482. The molecule has 102 valence electrons. The van der Waals surface area contributed by atoms with Gasteiger partial charge in [0.15, 0.2) is 0 Å². The maximum Gasteiger partial charge on any atom is 0.242 e. The van der Waals surface area contributed by atoms with Crippen molar-refractivity contribution in [3.05, 3.63) is 0 Å². The van der Waals surface area contributed by atoms with Gasteiger partial charge in [0.2, 0.25) is 11.8 Å². The topological polar surface area (TPSA) is 93.9 Å². The number of carbonyl (C=O) groups is 2. The highest BCUT2D eigenvalue weighted by Gasteiger charge is 2.38. The Kier molecular flexibility index (Phi) is 4.15. The fourth-order valence-electron chi connectivity index (χ4n) is 2.37. The largest absolute Gasteiger partial charge is 0.380 e. The van der Waals surface area contributed by atoms with Gasteiger partial charge in [0, 0.05) is 20.2 Å². The Labute approximate surface area is 106 Å². The Morgan fingerprint density at radius 2 is 2.28 bits per heavy atom. The first-order chi connectivity index (χ1) is 8.63. The van der Waals surface area contributed by atoms with Crippen LogP contribution in [0.2, 0.25) is 0 Å². The minimum atomic E-state index is -0.658. The van der Waals surface area contributed by atoms with Crippen LogP contribution in [-0.2, 0) is 19.1 Å². The summed E-state index contributed by atoms with van der Waals surface area (Å²) in [4.78, 5) is 25.1. The van der Waals surface area contributed by atoms with Gasteiger partial charge < -0.3 is 25.4 Å². The first kappa shape index (κ1) is 13.3. The van der Waals surface area contributed by atoms with Crippen LogP contribution in [0, 0.1) is 0 Å².